The third-order valence-electron chi connectivity index (χ3n) is 3.52. The maximum atomic E-state index is 9.93. The predicted molar refractivity (Wildman–Crippen MR) is 89.9 cm³/mol. The van der Waals surface area contributed by atoms with Gasteiger partial charge in [0.15, 0.2) is 0 Å². The highest BCUT2D eigenvalue weighted by molar-refractivity contribution is 7.13. The highest BCUT2D eigenvalue weighted by Gasteiger charge is 2.09. The first-order valence-corrected chi connectivity index (χ1v) is 8.05. The molecular formula is C17H19N3OS. The number of phenols is 1. The molecule has 0 aliphatic carbocycles. The van der Waals surface area contributed by atoms with E-state index in [4.69, 9.17) is 0 Å². The average Bonchev–Trinajstić information content (AvgIpc) is 3.13. The van der Waals surface area contributed by atoms with Gasteiger partial charge in [-0.1, -0.05) is 23.8 Å². The number of aryl methyl sites for hydroxylation is 1. The van der Waals surface area contributed by atoms with Crippen LogP contribution in [0.3, 0.4) is 0 Å². The number of nitrogens with one attached hydrogen (secondary N) is 1. The van der Waals surface area contributed by atoms with E-state index in [0.29, 0.717) is 12.3 Å². The van der Waals surface area contributed by atoms with Crippen LogP contribution in [0.2, 0.25) is 0 Å². The molecule has 114 valence electrons. The molecule has 0 atom stereocenters. The molecule has 1 aromatic carbocycles. The van der Waals surface area contributed by atoms with E-state index < -0.39 is 0 Å². The largest absolute Gasteiger partial charge is 0.508 e. The van der Waals surface area contributed by atoms with Gasteiger partial charge in [0.1, 0.15) is 11.4 Å². The standard InChI is InChI=1S/C17H19N3OS/c1-12-5-6-16(21)13(8-12)10-20(2)11-14-9-15(19-18-14)17-4-3-7-22-17/h3-9,21H,10-11H2,1-2H3,(H,18,19). The first-order valence-electron chi connectivity index (χ1n) is 7.17. The predicted octanol–water partition coefficient (Wildman–Crippen LogP) is 3.78. The molecule has 2 heterocycles. The van der Waals surface area contributed by atoms with Crippen molar-refractivity contribution in [1.82, 2.24) is 15.1 Å². The molecule has 0 saturated heterocycles. The molecule has 0 aliphatic heterocycles. The van der Waals surface area contributed by atoms with Gasteiger partial charge in [0.25, 0.3) is 0 Å². The summed E-state index contributed by atoms with van der Waals surface area (Å²) in [5.41, 5.74) is 4.15. The van der Waals surface area contributed by atoms with Crippen LogP contribution in [0.4, 0.5) is 0 Å². The van der Waals surface area contributed by atoms with Gasteiger partial charge in [0.05, 0.1) is 4.88 Å². The van der Waals surface area contributed by atoms with E-state index in [-0.39, 0.29) is 0 Å². The van der Waals surface area contributed by atoms with E-state index in [2.05, 4.69) is 32.6 Å². The molecule has 0 amide bonds. The Balaban J connectivity index is 1.67. The highest BCUT2D eigenvalue weighted by atomic mass is 32.1. The van der Waals surface area contributed by atoms with Crippen molar-refractivity contribution in [1.29, 1.82) is 0 Å². The smallest absolute Gasteiger partial charge is 0.120 e. The summed E-state index contributed by atoms with van der Waals surface area (Å²) in [5, 5.41) is 19.4. The molecule has 3 rings (SSSR count). The van der Waals surface area contributed by atoms with Crippen molar-refractivity contribution < 1.29 is 5.11 Å². The summed E-state index contributed by atoms with van der Waals surface area (Å²) in [6.45, 7) is 3.48. The zero-order valence-corrected chi connectivity index (χ0v) is 13.5. The van der Waals surface area contributed by atoms with E-state index in [1.807, 2.05) is 32.2 Å². The number of rotatable bonds is 5. The maximum absolute atomic E-state index is 9.93. The zero-order chi connectivity index (χ0) is 15.5. The third kappa shape index (κ3) is 3.37. The first kappa shape index (κ1) is 14.8. The molecule has 3 aromatic rings. The molecule has 0 saturated carbocycles. The number of hydrogen-bond donors (Lipinski definition) is 2. The van der Waals surface area contributed by atoms with E-state index in [0.717, 1.165) is 29.1 Å². The molecule has 0 fully saturated rings. The van der Waals surface area contributed by atoms with Gasteiger partial charge in [0.2, 0.25) is 0 Å². The quantitative estimate of drug-likeness (QED) is 0.753. The molecular weight excluding hydrogens is 294 g/mol. The molecule has 2 N–H and O–H groups in total. The summed E-state index contributed by atoms with van der Waals surface area (Å²) in [7, 11) is 2.04. The summed E-state index contributed by atoms with van der Waals surface area (Å²) in [6, 6.07) is 11.9. The van der Waals surface area contributed by atoms with Crippen molar-refractivity contribution in [2.24, 2.45) is 0 Å². The Kier molecular flexibility index (Phi) is 4.27. The minimum Gasteiger partial charge on any atom is -0.508 e. The Morgan fingerprint density at radius 1 is 1.23 bits per heavy atom. The van der Waals surface area contributed by atoms with Crippen molar-refractivity contribution in [3.63, 3.8) is 0 Å². The summed E-state index contributed by atoms with van der Waals surface area (Å²) in [4.78, 5) is 3.32. The lowest BCUT2D eigenvalue weighted by molar-refractivity contribution is 0.308. The van der Waals surface area contributed by atoms with E-state index in [9.17, 15) is 5.11 Å². The van der Waals surface area contributed by atoms with Crippen LogP contribution in [0, 0.1) is 6.92 Å². The van der Waals surface area contributed by atoms with Gasteiger partial charge >= 0.3 is 0 Å². The molecule has 2 aromatic heterocycles. The van der Waals surface area contributed by atoms with Crippen LogP contribution in [-0.2, 0) is 13.1 Å². The van der Waals surface area contributed by atoms with Crippen LogP contribution in [-0.4, -0.2) is 27.3 Å². The minimum atomic E-state index is 0.348. The van der Waals surface area contributed by atoms with E-state index >= 15 is 0 Å². The molecule has 0 bridgehead atoms. The second-order valence-electron chi connectivity index (χ2n) is 5.56. The number of phenolic OH excluding ortho intramolecular Hbond substituents is 1. The molecule has 0 aliphatic rings. The zero-order valence-electron chi connectivity index (χ0n) is 12.7. The number of aromatic amines is 1. The van der Waals surface area contributed by atoms with Crippen molar-refractivity contribution in [2.75, 3.05) is 7.05 Å². The van der Waals surface area contributed by atoms with Crippen molar-refractivity contribution in [2.45, 2.75) is 20.0 Å². The Hall–Kier alpha value is -2.11. The number of H-pyrrole nitrogens is 1. The van der Waals surface area contributed by atoms with E-state index in [1.165, 1.54) is 4.88 Å². The van der Waals surface area contributed by atoms with Gasteiger partial charge in [-0.25, -0.2) is 0 Å². The van der Waals surface area contributed by atoms with Gasteiger partial charge in [-0.15, -0.1) is 11.3 Å². The number of nitrogens with zero attached hydrogens (tertiary/aromatic N) is 2. The van der Waals surface area contributed by atoms with Gasteiger partial charge in [-0.05, 0) is 37.6 Å². The lowest BCUT2D eigenvalue weighted by Gasteiger charge is -2.16. The number of thiophene rings is 1. The van der Waals surface area contributed by atoms with Gasteiger partial charge in [-0.2, -0.15) is 5.10 Å². The first-order chi connectivity index (χ1) is 10.6. The van der Waals surface area contributed by atoms with Crippen LogP contribution in [0.5, 0.6) is 5.75 Å². The monoisotopic (exact) mass is 313 g/mol. The fraction of sp³-hybridized carbons (Fsp3) is 0.235. The number of aromatic nitrogens is 2. The van der Waals surface area contributed by atoms with Gasteiger partial charge < -0.3 is 5.11 Å². The van der Waals surface area contributed by atoms with Gasteiger partial charge in [0, 0.05) is 24.3 Å². The number of benzene rings is 1. The van der Waals surface area contributed by atoms with Crippen molar-refractivity contribution >= 4 is 11.3 Å². The summed E-state index contributed by atoms with van der Waals surface area (Å²) in [6.07, 6.45) is 0. The Morgan fingerprint density at radius 3 is 2.86 bits per heavy atom. The van der Waals surface area contributed by atoms with Crippen LogP contribution in [0.15, 0.2) is 41.8 Å². The summed E-state index contributed by atoms with van der Waals surface area (Å²) < 4.78 is 0. The molecule has 22 heavy (non-hydrogen) atoms. The Bertz CT molecular complexity index is 749. The molecule has 0 unspecified atom stereocenters. The molecule has 0 spiro atoms. The summed E-state index contributed by atoms with van der Waals surface area (Å²) >= 11 is 1.69. The van der Waals surface area contributed by atoms with Crippen LogP contribution >= 0.6 is 11.3 Å². The maximum Gasteiger partial charge on any atom is 0.120 e. The molecule has 4 nitrogen and oxygen atoms in total. The van der Waals surface area contributed by atoms with E-state index in [1.54, 1.807) is 17.4 Å². The lowest BCUT2D eigenvalue weighted by atomic mass is 10.1. The highest BCUT2D eigenvalue weighted by Crippen LogP contribution is 2.24. The fourth-order valence-corrected chi connectivity index (χ4v) is 3.16. The fourth-order valence-electron chi connectivity index (χ4n) is 2.47. The van der Waals surface area contributed by atoms with Crippen molar-refractivity contribution in [3.05, 3.63) is 58.6 Å². The van der Waals surface area contributed by atoms with Crippen LogP contribution < -0.4 is 0 Å². The normalized spacial score (nSPS) is 11.2. The topological polar surface area (TPSA) is 52.1 Å². The number of hydrogen-bond acceptors (Lipinski definition) is 4. The van der Waals surface area contributed by atoms with Crippen LogP contribution in [0.25, 0.3) is 10.6 Å². The van der Waals surface area contributed by atoms with Crippen LogP contribution in [0.1, 0.15) is 16.8 Å². The van der Waals surface area contributed by atoms with Crippen molar-refractivity contribution in [3.8, 4) is 16.3 Å². The summed E-state index contributed by atoms with van der Waals surface area (Å²) in [5.74, 6) is 0.348. The Morgan fingerprint density at radius 2 is 2.09 bits per heavy atom. The average molecular weight is 313 g/mol. The third-order valence-corrected chi connectivity index (χ3v) is 4.41. The Labute approximate surface area is 134 Å². The number of aromatic hydroxyl groups is 1. The second kappa shape index (κ2) is 6.34. The molecule has 5 heteroatoms. The lowest BCUT2D eigenvalue weighted by Crippen LogP contribution is -2.17. The molecule has 0 radical (unpaired) electrons. The minimum absolute atomic E-state index is 0.348. The second-order valence-corrected chi connectivity index (χ2v) is 6.51. The SMILES string of the molecule is Cc1ccc(O)c(CN(C)Cc2cc(-c3cccs3)n[nH]2)c1. The van der Waals surface area contributed by atoms with Gasteiger partial charge in [-0.3, -0.25) is 10.00 Å².